The van der Waals surface area contributed by atoms with Gasteiger partial charge in [-0.3, -0.25) is 4.79 Å². The van der Waals surface area contributed by atoms with Crippen LogP contribution in [0.4, 0.5) is 0 Å². The first-order chi connectivity index (χ1) is 10.5. The van der Waals surface area contributed by atoms with Gasteiger partial charge in [0.25, 0.3) is 5.91 Å². The number of carbonyl (C=O) groups is 1. The minimum Gasteiger partial charge on any atom is -0.377 e. The second kappa shape index (κ2) is 5.77. The zero-order chi connectivity index (χ0) is 15.7. The standard InChI is InChI=1S/C14H18N4O3S/c1-14(2,3)13-16-9(7-22-13)12(19)18-4-5-20-6-10(18)11-15-8-21-17-11/h7-8,10H,4-6H2,1-3H3. The van der Waals surface area contributed by atoms with Crippen molar-refractivity contribution in [2.75, 3.05) is 19.8 Å². The molecule has 0 saturated carbocycles. The molecule has 1 atom stereocenters. The Morgan fingerprint density at radius 1 is 1.45 bits per heavy atom. The molecule has 0 aliphatic carbocycles. The normalized spacial score (nSPS) is 19.4. The number of hydrogen-bond acceptors (Lipinski definition) is 7. The summed E-state index contributed by atoms with van der Waals surface area (Å²) >= 11 is 1.51. The van der Waals surface area contributed by atoms with Crippen LogP contribution in [0.3, 0.4) is 0 Å². The van der Waals surface area contributed by atoms with Crippen molar-refractivity contribution in [1.29, 1.82) is 0 Å². The molecule has 0 radical (unpaired) electrons. The Morgan fingerprint density at radius 2 is 2.27 bits per heavy atom. The van der Waals surface area contributed by atoms with Crippen molar-refractivity contribution < 1.29 is 14.1 Å². The molecule has 1 amide bonds. The number of thiazole rings is 1. The van der Waals surface area contributed by atoms with E-state index in [1.807, 2.05) is 5.38 Å². The predicted molar refractivity (Wildman–Crippen MR) is 79.7 cm³/mol. The quantitative estimate of drug-likeness (QED) is 0.841. The van der Waals surface area contributed by atoms with Crippen molar-refractivity contribution in [1.82, 2.24) is 20.0 Å². The van der Waals surface area contributed by atoms with Gasteiger partial charge in [0.05, 0.1) is 18.2 Å². The van der Waals surface area contributed by atoms with E-state index in [1.54, 1.807) is 4.90 Å². The zero-order valence-electron chi connectivity index (χ0n) is 12.8. The molecule has 3 heterocycles. The maximum Gasteiger partial charge on any atom is 0.274 e. The van der Waals surface area contributed by atoms with Gasteiger partial charge in [0.1, 0.15) is 11.7 Å². The van der Waals surface area contributed by atoms with E-state index >= 15 is 0 Å². The van der Waals surface area contributed by atoms with Crippen molar-refractivity contribution in [2.45, 2.75) is 32.2 Å². The van der Waals surface area contributed by atoms with E-state index in [4.69, 9.17) is 9.26 Å². The molecule has 118 valence electrons. The average Bonchev–Trinajstić information content (AvgIpc) is 3.17. The van der Waals surface area contributed by atoms with Gasteiger partial charge >= 0.3 is 0 Å². The fourth-order valence-electron chi connectivity index (χ4n) is 2.25. The van der Waals surface area contributed by atoms with E-state index in [9.17, 15) is 4.79 Å². The third-order valence-corrected chi connectivity index (χ3v) is 4.70. The van der Waals surface area contributed by atoms with Gasteiger partial charge in [-0.15, -0.1) is 11.3 Å². The zero-order valence-corrected chi connectivity index (χ0v) is 13.6. The molecule has 1 saturated heterocycles. The van der Waals surface area contributed by atoms with Crippen LogP contribution in [0.5, 0.6) is 0 Å². The molecule has 0 aromatic carbocycles. The minimum atomic E-state index is -0.334. The van der Waals surface area contributed by atoms with Gasteiger partial charge < -0.3 is 14.2 Å². The number of hydrogen-bond donors (Lipinski definition) is 0. The van der Waals surface area contributed by atoms with Crippen LogP contribution in [0, 0.1) is 0 Å². The van der Waals surface area contributed by atoms with E-state index in [2.05, 4.69) is 35.9 Å². The molecule has 2 aromatic rings. The summed E-state index contributed by atoms with van der Waals surface area (Å²) in [5, 5.41) is 6.59. The second-order valence-electron chi connectivity index (χ2n) is 6.17. The van der Waals surface area contributed by atoms with Crippen molar-refractivity contribution >= 4 is 17.2 Å². The van der Waals surface area contributed by atoms with Gasteiger partial charge in [-0.05, 0) is 0 Å². The smallest absolute Gasteiger partial charge is 0.274 e. The van der Waals surface area contributed by atoms with Crippen molar-refractivity contribution in [3.8, 4) is 0 Å². The molecule has 3 rings (SSSR count). The third kappa shape index (κ3) is 2.89. The Bertz CT molecular complexity index is 647. The lowest BCUT2D eigenvalue weighted by Crippen LogP contribution is -2.44. The maximum absolute atomic E-state index is 12.8. The highest BCUT2D eigenvalue weighted by Crippen LogP contribution is 2.28. The molecule has 8 heteroatoms. The number of aromatic nitrogens is 3. The van der Waals surface area contributed by atoms with E-state index in [-0.39, 0.29) is 17.4 Å². The lowest BCUT2D eigenvalue weighted by atomic mass is 9.98. The number of ether oxygens (including phenoxy) is 1. The Morgan fingerprint density at radius 3 is 2.91 bits per heavy atom. The van der Waals surface area contributed by atoms with Crippen LogP contribution in [0.2, 0.25) is 0 Å². The highest BCUT2D eigenvalue weighted by atomic mass is 32.1. The molecule has 0 N–H and O–H groups in total. The van der Waals surface area contributed by atoms with Gasteiger partial charge in [0, 0.05) is 17.3 Å². The monoisotopic (exact) mass is 322 g/mol. The molecule has 1 aliphatic heterocycles. The van der Waals surface area contributed by atoms with Crippen molar-refractivity contribution in [3.05, 3.63) is 28.3 Å². The number of nitrogens with zero attached hydrogens (tertiary/aromatic N) is 4. The summed E-state index contributed by atoms with van der Waals surface area (Å²) in [6.45, 7) is 7.59. The largest absolute Gasteiger partial charge is 0.377 e. The number of rotatable bonds is 2. The summed E-state index contributed by atoms with van der Waals surface area (Å²) in [7, 11) is 0. The third-order valence-electron chi connectivity index (χ3n) is 3.43. The fraction of sp³-hybridized carbons (Fsp3) is 0.571. The summed E-state index contributed by atoms with van der Waals surface area (Å²) in [6.07, 6.45) is 1.26. The SMILES string of the molecule is CC(C)(C)c1nc(C(=O)N2CCOCC2c2ncon2)cs1. The van der Waals surface area contributed by atoms with Crippen LogP contribution >= 0.6 is 11.3 Å². The highest BCUT2D eigenvalue weighted by molar-refractivity contribution is 7.10. The Labute approximate surface area is 132 Å². The lowest BCUT2D eigenvalue weighted by Gasteiger charge is -2.33. The van der Waals surface area contributed by atoms with Crippen LogP contribution in [0.1, 0.15) is 48.1 Å². The number of morpholine rings is 1. The second-order valence-corrected chi connectivity index (χ2v) is 7.02. The highest BCUT2D eigenvalue weighted by Gasteiger charge is 2.33. The molecule has 0 spiro atoms. The van der Waals surface area contributed by atoms with Crippen LogP contribution in [0.25, 0.3) is 0 Å². The number of carbonyl (C=O) groups excluding carboxylic acids is 1. The summed E-state index contributed by atoms with van der Waals surface area (Å²) in [5.74, 6) is 0.337. The summed E-state index contributed by atoms with van der Waals surface area (Å²) in [6, 6.07) is -0.334. The van der Waals surface area contributed by atoms with E-state index < -0.39 is 0 Å². The van der Waals surface area contributed by atoms with Crippen LogP contribution in [-0.4, -0.2) is 45.7 Å². The topological polar surface area (TPSA) is 81.4 Å². The van der Waals surface area contributed by atoms with Gasteiger partial charge in [-0.25, -0.2) is 4.98 Å². The molecule has 2 aromatic heterocycles. The predicted octanol–water partition coefficient (Wildman–Crippen LogP) is 2.04. The fourth-order valence-corrected chi connectivity index (χ4v) is 3.13. The lowest BCUT2D eigenvalue weighted by molar-refractivity contribution is -0.00604. The van der Waals surface area contributed by atoms with Gasteiger partial charge in [-0.2, -0.15) is 4.98 Å². The molecule has 7 nitrogen and oxygen atoms in total. The van der Waals surface area contributed by atoms with Crippen molar-refractivity contribution in [3.63, 3.8) is 0 Å². The first-order valence-corrected chi connectivity index (χ1v) is 7.96. The van der Waals surface area contributed by atoms with Crippen LogP contribution in [-0.2, 0) is 10.2 Å². The Kier molecular flexibility index (Phi) is 3.96. The Balaban J connectivity index is 1.84. The van der Waals surface area contributed by atoms with Crippen molar-refractivity contribution in [2.24, 2.45) is 0 Å². The van der Waals surface area contributed by atoms with E-state index in [1.165, 1.54) is 17.7 Å². The van der Waals surface area contributed by atoms with E-state index in [0.717, 1.165) is 5.01 Å². The Hall–Kier alpha value is -1.80. The van der Waals surface area contributed by atoms with Crippen LogP contribution in [0.15, 0.2) is 16.3 Å². The summed E-state index contributed by atoms with van der Waals surface area (Å²) in [4.78, 5) is 23.0. The molecule has 1 fully saturated rings. The molecule has 1 unspecified atom stereocenters. The minimum absolute atomic E-state index is 0.0682. The van der Waals surface area contributed by atoms with Gasteiger partial charge in [0.15, 0.2) is 5.82 Å². The molecule has 1 aliphatic rings. The molecular weight excluding hydrogens is 304 g/mol. The summed E-state index contributed by atoms with van der Waals surface area (Å²) < 4.78 is 10.2. The van der Waals surface area contributed by atoms with Gasteiger partial charge in [0.2, 0.25) is 6.39 Å². The first kappa shape index (κ1) is 15.1. The number of amides is 1. The molecule has 0 bridgehead atoms. The van der Waals surface area contributed by atoms with Crippen LogP contribution < -0.4 is 0 Å². The maximum atomic E-state index is 12.8. The average molecular weight is 322 g/mol. The summed E-state index contributed by atoms with van der Waals surface area (Å²) in [5.41, 5.74) is 0.395. The molecule has 22 heavy (non-hydrogen) atoms. The van der Waals surface area contributed by atoms with Gasteiger partial charge in [-0.1, -0.05) is 25.9 Å². The van der Waals surface area contributed by atoms with E-state index in [0.29, 0.717) is 31.3 Å². The first-order valence-electron chi connectivity index (χ1n) is 7.08. The molecular formula is C14H18N4O3S.